The second-order valence-electron chi connectivity index (χ2n) is 5.45. The largest absolute Gasteiger partial charge is 0.295 e. The van der Waals surface area contributed by atoms with Gasteiger partial charge in [0.2, 0.25) is 0 Å². The third kappa shape index (κ3) is 3.26. The third-order valence-electron chi connectivity index (χ3n) is 3.70. The standard InChI is InChI=1S/C18H17ClN4O/c1-12-5-3-4-6-17(12)23-18(24)16(13(2)22-23)11-20-21-15-9-7-14(19)8-10-15/h3-11,21-22H,1-2H3. The van der Waals surface area contributed by atoms with E-state index in [9.17, 15) is 4.79 Å². The molecule has 3 aromatic rings. The minimum absolute atomic E-state index is 0.136. The van der Waals surface area contributed by atoms with Crippen LogP contribution in [0.3, 0.4) is 0 Å². The van der Waals surface area contributed by atoms with Crippen molar-refractivity contribution in [1.29, 1.82) is 0 Å². The Hall–Kier alpha value is -2.79. The van der Waals surface area contributed by atoms with Gasteiger partial charge in [0.15, 0.2) is 0 Å². The Morgan fingerprint density at radius 1 is 1.12 bits per heavy atom. The summed E-state index contributed by atoms with van der Waals surface area (Å²) in [5.41, 5.74) is 6.66. The molecule has 3 rings (SSSR count). The first-order valence-corrected chi connectivity index (χ1v) is 7.86. The van der Waals surface area contributed by atoms with E-state index in [0.29, 0.717) is 10.6 Å². The number of aromatic nitrogens is 2. The molecule has 0 saturated carbocycles. The van der Waals surface area contributed by atoms with Crippen molar-refractivity contribution in [2.24, 2.45) is 5.10 Å². The van der Waals surface area contributed by atoms with Gasteiger partial charge in [-0.15, -0.1) is 0 Å². The number of aryl methyl sites for hydroxylation is 2. The maximum Gasteiger partial charge on any atom is 0.280 e. The van der Waals surface area contributed by atoms with Crippen molar-refractivity contribution >= 4 is 23.5 Å². The number of H-pyrrole nitrogens is 1. The first-order valence-electron chi connectivity index (χ1n) is 7.48. The van der Waals surface area contributed by atoms with Gasteiger partial charge >= 0.3 is 0 Å². The fraction of sp³-hybridized carbons (Fsp3) is 0.111. The van der Waals surface area contributed by atoms with Crippen LogP contribution in [0.1, 0.15) is 16.8 Å². The molecule has 0 fully saturated rings. The number of aromatic amines is 1. The van der Waals surface area contributed by atoms with Crippen LogP contribution in [0.2, 0.25) is 5.02 Å². The molecule has 0 radical (unpaired) electrons. The number of nitrogens with zero attached hydrogens (tertiary/aromatic N) is 2. The second kappa shape index (κ2) is 6.76. The minimum Gasteiger partial charge on any atom is -0.295 e. The Kier molecular flexibility index (Phi) is 4.53. The average Bonchev–Trinajstić information content (AvgIpc) is 2.85. The highest BCUT2D eigenvalue weighted by Crippen LogP contribution is 2.14. The van der Waals surface area contributed by atoms with E-state index in [-0.39, 0.29) is 5.56 Å². The molecule has 6 heteroatoms. The molecule has 1 aromatic heterocycles. The van der Waals surface area contributed by atoms with Crippen LogP contribution in [0.25, 0.3) is 5.69 Å². The molecule has 0 spiro atoms. The molecule has 0 aliphatic heterocycles. The number of hydrazone groups is 1. The lowest BCUT2D eigenvalue weighted by Crippen LogP contribution is -2.18. The van der Waals surface area contributed by atoms with E-state index in [1.165, 1.54) is 10.9 Å². The summed E-state index contributed by atoms with van der Waals surface area (Å²) < 4.78 is 1.54. The Bertz CT molecular complexity index is 938. The number of anilines is 1. The Morgan fingerprint density at radius 2 is 1.83 bits per heavy atom. The molecular formula is C18H17ClN4O. The number of benzene rings is 2. The predicted octanol–water partition coefficient (Wildman–Crippen LogP) is 3.88. The molecule has 2 aromatic carbocycles. The number of rotatable bonds is 4. The van der Waals surface area contributed by atoms with Gasteiger partial charge in [0.05, 0.1) is 23.2 Å². The number of hydrogen-bond donors (Lipinski definition) is 2. The highest BCUT2D eigenvalue weighted by atomic mass is 35.5. The Morgan fingerprint density at radius 3 is 2.54 bits per heavy atom. The van der Waals surface area contributed by atoms with Gasteiger partial charge in [0.25, 0.3) is 5.56 Å². The minimum atomic E-state index is -0.136. The van der Waals surface area contributed by atoms with Crippen LogP contribution in [0.4, 0.5) is 5.69 Å². The quantitative estimate of drug-likeness (QED) is 0.559. The normalized spacial score (nSPS) is 11.1. The summed E-state index contributed by atoms with van der Waals surface area (Å²) in [5.74, 6) is 0. The Balaban J connectivity index is 1.87. The highest BCUT2D eigenvalue weighted by molar-refractivity contribution is 6.30. The molecule has 0 aliphatic carbocycles. The number of para-hydroxylation sites is 1. The molecular weight excluding hydrogens is 324 g/mol. The van der Waals surface area contributed by atoms with Gasteiger partial charge in [0.1, 0.15) is 0 Å². The van der Waals surface area contributed by atoms with Crippen LogP contribution < -0.4 is 11.0 Å². The SMILES string of the molecule is Cc1ccccc1-n1[nH]c(C)c(C=NNc2ccc(Cl)cc2)c1=O. The summed E-state index contributed by atoms with van der Waals surface area (Å²) in [6.07, 6.45) is 1.53. The van der Waals surface area contributed by atoms with Crippen LogP contribution in [0.15, 0.2) is 58.4 Å². The van der Waals surface area contributed by atoms with Crippen LogP contribution in [-0.2, 0) is 0 Å². The van der Waals surface area contributed by atoms with Crippen molar-refractivity contribution in [3.8, 4) is 5.69 Å². The van der Waals surface area contributed by atoms with Crippen molar-refractivity contribution in [3.05, 3.63) is 80.7 Å². The summed E-state index contributed by atoms with van der Waals surface area (Å²) in [6.45, 7) is 3.81. The molecule has 0 aliphatic rings. The molecule has 5 nitrogen and oxygen atoms in total. The van der Waals surface area contributed by atoms with Gasteiger partial charge in [-0.25, -0.2) is 4.68 Å². The molecule has 0 amide bonds. The van der Waals surface area contributed by atoms with Gasteiger partial charge < -0.3 is 0 Å². The maximum atomic E-state index is 12.6. The van der Waals surface area contributed by atoms with E-state index >= 15 is 0 Å². The molecule has 0 atom stereocenters. The monoisotopic (exact) mass is 340 g/mol. The van der Waals surface area contributed by atoms with Crippen LogP contribution in [0, 0.1) is 13.8 Å². The number of nitrogens with one attached hydrogen (secondary N) is 2. The van der Waals surface area contributed by atoms with Crippen LogP contribution in [-0.4, -0.2) is 16.0 Å². The molecule has 0 bridgehead atoms. The summed E-state index contributed by atoms with van der Waals surface area (Å²) in [4.78, 5) is 12.6. The first-order chi connectivity index (χ1) is 11.6. The van der Waals surface area contributed by atoms with E-state index in [1.807, 2.05) is 50.2 Å². The van der Waals surface area contributed by atoms with Gasteiger partial charge in [0, 0.05) is 10.7 Å². The molecule has 1 heterocycles. The average molecular weight is 341 g/mol. The van der Waals surface area contributed by atoms with Crippen LogP contribution in [0.5, 0.6) is 0 Å². The van der Waals surface area contributed by atoms with Crippen molar-refractivity contribution in [2.75, 3.05) is 5.43 Å². The van der Waals surface area contributed by atoms with Gasteiger partial charge in [-0.1, -0.05) is 29.8 Å². The van der Waals surface area contributed by atoms with E-state index in [2.05, 4.69) is 15.6 Å². The van der Waals surface area contributed by atoms with Crippen molar-refractivity contribution < 1.29 is 0 Å². The molecule has 0 saturated heterocycles. The maximum absolute atomic E-state index is 12.6. The summed E-state index contributed by atoms with van der Waals surface area (Å²) in [5, 5.41) is 7.89. The molecule has 122 valence electrons. The fourth-order valence-corrected chi connectivity index (χ4v) is 2.52. The lowest BCUT2D eigenvalue weighted by Gasteiger charge is -2.04. The fourth-order valence-electron chi connectivity index (χ4n) is 2.39. The zero-order chi connectivity index (χ0) is 17.1. The molecule has 24 heavy (non-hydrogen) atoms. The van der Waals surface area contributed by atoms with Gasteiger partial charge in [-0.05, 0) is 49.7 Å². The Labute approximate surface area is 144 Å². The smallest absolute Gasteiger partial charge is 0.280 e. The van der Waals surface area contributed by atoms with Crippen molar-refractivity contribution in [3.63, 3.8) is 0 Å². The van der Waals surface area contributed by atoms with Crippen LogP contribution >= 0.6 is 11.6 Å². The summed E-state index contributed by atoms with van der Waals surface area (Å²) in [6, 6.07) is 14.9. The zero-order valence-corrected chi connectivity index (χ0v) is 14.1. The third-order valence-corrected chi connectivity index (χ3v) is 3.96. The predicted molar refractivity (Wildman–Crippen MR) is 98.5 cm³/mol. The molecule has 0 unspecified atom stereocenters. The second-order valence-corrected chi connectivity index (χ2v) is 5.89. The topological polar surface area (TPSA) is 62.2 Å². The molecule has 2 N–H and O–H groups in total. The van der Waals surface area contributed by atoms with Gasteiger partial charge in [-0.2, -0.15) is 5.10 Å². The summed E-state index contributed by atoms with van der Waals surface area (Å²) >= 11 is 5.84. The van der Waals surface area contributed by atoms with E-state index < -0.39 is 0 Å². The van der Waals surface area contributed by atoms with Gasteiger partial charge in [-0.3, -0.25) is 15.3 Å². The van der Waals surface area contributed by atoms with Crippen molar-refractivity contribution in [2.45, 2.75) is 13.8 Å². The lowest BCUT2D eigenvalue weighted by molar-refractivity contribution is 0.829. The highest BCUT2D eigenvalue weighted by Gasteiger charge is 2.11. The van der Waals surface area contributed by atoms with E-state index in [4.69, 9.17) is 11.6 Å². The van der Waals surface area contributed by atoms with Crippen molar-refractivity contribution in [1.82, 2.24) is 9.78 Å². The lowest BCUT2D eigenvalue weighted by atomic mass is 10.2. The number of halogens is 1. The van der Waals surface area contributed by atoms with E-state index in [0.717, 1.165) is 22.6 Å². The zero-order valence-electron chi connectivity index (χ0n) is 13.4. The summed E-state index contributed by atoms with van der Waals surface area (Å²) in [7, 11) is 0. The first kappa shape index (κ1) is 16.1. The number of hydrogen-bond acceptors (Lipinski definition) is 3. The van der Waals surface area contributed by atoms with E-state index in [1.54, 1.807) is 12.1 Å².